The second kappa shape index (κ2) is 11.8. The first-order valence-corrected chi connectivity index (χ1v) is 16.0. The van der Waals surface area contributed by atoms with Crippen molar-refractivity contribution in [2.45, 2.75) is 0 Å². The van der Waals surface area contributed by atoms with Gasteiger partial charge in [-0.3, -0.25) is 0 Å². The average Bonchev–Trinajstić information content (AvgIpc) is 3.89. The Bertz CT molecular complexity index is 2250. The molecule has 45 heavy (non-hydrogen) atoms. The Morgan fingerprint density at radius 3 is 1.42 bits per heavy atom. The van der Waals surface area contributed by atoms with Crippen molar-refractivity contribution in [3.63, 3.8) is 0 Å². The zero-order chi connectivity index (χ0) is 30.0. The molecule has 3 N–H and O–H groups in total. The summed E-state index contributed by atoms with van der Waals surface area (Å²) in [6.07, 6.45) is 8.09. The van der Waals surface area contributed by atoms with Gasteiger partial charge < -0.3 is 15.0 Å². The van der Waals surface area contributed by atoms with Crippen LogP contribution in [0.4, 0.5) is 0 Å². The molecule has 0 saturated carbocycles. The van der Waals surface area contributed by atoms with Gasteiger partial charge in [-0.1, -0.05) is 40.9 Å². The SMILES string of the molecule is C1=Cc2cc3ccc(cc4nc(cc5ccc(cc1n2)[nH]5)C=C4)[nH]3.c1cc2snnc2s1.c1ccc2c(c1)[nH]c1ccccc12. The van der Waals surface area contributed by atoms with Gasteiger partial charge in [0.15, 0.2) is 4.83 Å². The molecule has 9 heteroatoms. The van der Waals surface area contributed by atoms with E-state index >= 15 is 0 Å². The van der Waals surface area contributed by atoms with Crippen LogP contribution in [0.1, 0.15) is 22.8 Å². The lowest BCUT2D eigenvalue weighted by Crippen LogP contribution is -1.75. The lowest BCUT2D eigenvalue weighted by atomic mass is 10.2. The van der Waals surface area contributed by atoms with E-state index < -0.39 is 0 Å². The minimum Gasteiger partial charge on any atom is -0.355 e. The molecule has 0 radical (unpaired) electrons. The summed E-state index contributed by atoms with van der Waals surface area (Å²) in [6, 6.07) is 35.2. The maximum absolute atomic E-state index is 4.63. The molecule has 6 aromatic heterocycles. The number of hydrogen-bond acceptors (Lipinski definition) is 6. The van der Waals surface area contributed by atoms with Gasteiger partial charge in [0.2, 0.25) is 0 Å². The largest absolute Gasteiger partial charge is 0.355 e. The molecular formula is C36H25N7S2. The highest BCUT2D eigenvalue weighted by Gasteiger charge is 2.02. The molecule has 2 aliphatic rings. The van der Waals surface area contributed by atoms with Gasteiger partial charge in [0.25, 0.3) is 0 Å². The molecule has 8 bridgehead atoms. The molecule has 0 saturated heterocycles. The van der Waals surface area contributed by atoms with E-state index in [9.17, 15) is 0 Å². The molecule has 0 fully saturated rings. The molecule has 0 atom stereocenters. The molecule has 0 spiro atoms. The maximum Gasteiger partial charge on any atom is 0.158 e. The number of para-hydroxylation sites is 2. The van der Waals surface area contributed by atoms with E-state index in [1.165, 1.54) is 38.0 Å². The summed E-state index contributed by atoms with van der Waals surface area (Å²) in [4.78, 5) is 20.4. The van der Waals surface area contributed by atoms with Crippen LogP contribution in [0.3, 0.4) is 0 Å². The van der Waals surface area contributed by atoms with Gasteiger partial charge in [-0.2, -0.15) is 0 Å². The van der Waals surface area contributed by atoms with Crippen LogP contribution in [0.2, 0.25) is 0 Å². The van der Waals surface area contributed by atoms with Crippen molar-refractivity contribution in [3.05, 3.63) is 131 Å². The molecule has 216 valence electrons. The summed E-state index contributed by atoms with van der Waals surface area (Å²) in [5.41, 5.74) is 10.3. The molecule has 8 aromatic rings. The summed E-state index contributed by atoms with van der Waals surface area (Å²) < 4.78 is 4.95. The molecule has 7 nitrogen and oxygen atoms in total. The van der Waals surface area contributed by atoms with Crippen molar-refractivity contribution >= 4 is 101 Å². The number of nitrogens with zero attached hydrogens (tertiary/aromatic N) is 4. The Kier molecular flexibility index (Phi) is 7.07. The predicted molar refractivity (Wildman–Crippen MR) is 190 cm³/mol. The first-order chi connectivity index (χ1) is 22.2. The summed E-state index contributed by atoms with van der Waals surface area (Å²) >= 11 is 3.07. The summed E-state index contributed by atoms with van der Waals surface area (Å²) in [6.45, 7) is 0. The third-order valence-corrected chi connectivity index (χ3v) is 8.95. The van der Waals surface area contributed by atoms with Crippen LogP contribution >= 0.6 is 22.9 Å². The van der Waals surface area contributed by atoms with Gasteiger partial charge >= 0.3 is 0 Å². The van der Waals surface area contributed by atoms with Crippen LogP contribution in [0, 0.1) is 0 Å². The fourth-order valence-corrected chi connectivity index (χ4v) is 6.73. The number of thiophene rings is 1. The summed E-state index contributed by atoms with van der Waals surface area (Å²) in [5, 5.41) is 8.50. The number of benzene rings is 2. The van der Waals surface area contributed by atoms with Crippen molar-refractivity contribution in [3.8, 4) is 0 Å². The summed E-state index contributed by atoms with van der Waals surface area (Å²) in [5.74, 6) is 0. The number of fused-ring (bicyclic) bond motifs is 12. The Hall–Kier alpha value is -5.64. The zero-order valence-electron chi connectivity index (χ0n) is 23.8. The number of rotatable bonds is 0. The van der Waals surface area contributed by atoms with E-state index in [1.807, 2.05) is 60.0 Å². The molecule has 2 aliphatic heterocycles. The van der Waals surface area contributed by atoms with Crippen LogP contribution in [-0.4, -0.2) is 34.5 Å². The van der Waals surface area contributed by atoms with Crippen LogP contribution in [-0.2, 0) is 0 Å². The Labute approximate surface area is 265 Å². The van der Waals surface area contributed by atoms with Crippen LogP contribution < -0.4 is 0 Å². The quantitative estimate of drug-likeness (QED) is 0.157. The van der Waals surface area contributed by atoms with Crippen molar-refractivity contribution in [1.82, 2.24) is 34.5 Å². The lowest BCUT2D eigenvalue weighted by Gasteiger charge is -1.87. The topological polar surface area (TPSA) is 98.9 Å². The van der Waals surface area contributed by atoms with E-state index in [1.54, 1.807) is 11.3 Å². The normalized spacial score (nSPS) is 11.8. The standard InChI is InChI=1S/C20H14N4.C12H9N.C4H2N2S2/c1-2-14-10-16-5-6-18(23-16)12-20-8-7-19(24-20)11-17-4-3-15(22-17)9-13(1)21-14;1-3-7-11-9(5-1)10-6-2-4-8-12(10)13-11;1-2-7-4-3(1)8-6-5-4/h1-12,21,24H;1-8,13H;1-2H. The van der Waals surface area contributed by atoms with Crippen LogP contribution in [0.25, 0.3) is 77.7 Å². The minimum absolute atomic E-state index is 0.939. The molecule has 10 rings (SSSR count). The van der Waals surface area contributed by atoms with Gasteiger partial charge in [-0.25, -0.2) is 9.97 Å². The van der Waals surface area contributed by atoms with Crippen molar-refractivity contribution in [1.29, 1.82) is 0 Å². The highest BCUT2D eigenvalue weighted by molar-refractivity contribution is 7.23. The van der Waals surface area contributed by atoms with Gasteiger partial charge in [0.05, 0.1) is 27.5 Å². The van der Waals surface area contributed by atoms with E-state index in [0.717, 1.165) is 49.7 Å². The highest BCUT2D eigenvalue weighted by atomic mass is 32.1. The minimum atomic E-state index is 0.939. The van der Waals surface area contributed by atoms with Gasteiger partial charge in [0.1, 0.15) is 0 Å². The predicted octanol–water partition coefficient (Wildman–Crippen LogP) is 9.73. The zero-order valence-corrected chi connectivity index (χ0v) is 25.4. The number of aromatic amines is 3. The van der Waals surface area contributed by atoms with Gasteiger partial charge in [0, 0.05) is 43.9 Å². The molecule has 0 aliphatic carbocycles. The van der Waals surface area contributed by atoms with Crippen molar-refractivity contribution in [2.75, 3.05) is 0 Å². The molecular weight excluding hydrogens is 595 g/mol. The van der Waals surface area contributed by atoms with Gasteiger partial charge in [-0.05, 0) is 108 Å². The molecule has 0 amide bonds. The first-order valence-electron chi connectivity index (χ1n) is 14.4. The third kappa shape index (κ3) is 5.95. The fourth-order valence-electron chi connectivity index (χ4n) is 5.28. The monoisotopic (exact) mass is 619 g/mol. The molecule has 8 heterocycles. The Balaban J connectivity index is 0.000000118. The van der Waals surface area contributed by atoms with E-state index in [-0.39, 0.29) is 0 Å². The highest BCUT2D eigenvalue weighted by Crippen LogP contribution is 2.24. The number of nitrogens with one attached hydrogen (secondary N) is 3. The van der Waals surface area contributed by atoms with Crippen LogP contribution in [0.15, 0.2) is 109 Å². The maximum atomic E-state index is 4.63. The summed E-state index contributed by atoms with van der Waals surface area (Å²) in [7, 11) is 0. The van der Waals surface area contributed by atoms with E-state index in [4.69, 9.17) is 0 Å². The first kappa shape index (κ1) is 26.9. The lowest BCUT2D eigenvalue weighted by molar-refractivity contribution is 1.21. The van der Waals surface area contributed by atoms with Crippen molar-refractivity contribution < 1.29 is 0 Å². The second-order valence-corrected chi connectivity index (χ2v) is 12.2. The average molecular weight is 620 g/mol. The third-order valence-electron chi connectivity index (χ3n) is 7.34. The van der Waals surface area contributed by atoms with E-state index in [0.29, 0.717) is 0 Å². The number of aromatic nitrogens is 7. The van der Waals surface area contributed by atoms with Crippen molar-refractivity contribution in [2.24, 2.45) is 0 Å². The van der Waals surface area contributed by atoms with Gasteiger partial charge in [-0.15, -0.1) is 16.4 Å². The number of H-pyrrole nitrogens is 3. The number of hydrogen-bond donors (Lipinski definition) is 3. The molecule has 0 unspecified atom stereocenters. The second-order valence-electron chi connectivity index (χ2n) is 10.5. The fraction of sp³-hybridized carbons (Fsp3) is 0. The van der Waals surface area contributed by atoms with E-state index in [2.05, 4.69) is 107 Å². The molecule has 2 aromatic carbocycles. The smallest absolute Gasteiger partial charge is 0.158 e. The van der Waals surface area contributed by atoms with Crippen LogP contribution in [0.5, 0.6) is 0 Å². The Morgan fingerprint density at radius 1 is 0.489 bits per heavy atom. The Morgan fingerprint density at radius 2 is 0.956 bits per heavy atom.